The summed E-state index contributed by atoms with van der Waals surface area (Å²) in [6, 6.07) is 12.8. The fourth-order valence-electron chi connectivity index (χ4n) is 2.38. The van der Waals surface area contributed by atoms with E-state index in [1.807, 2.05) is 30.3 Å². The van der Waals surface area contributed by atoms with Gasteiger partial charge in [0, 0.05) is 12.7 Å². The molecule has 0 aliphatic heterocycles. The summed E-state index contributed by atoms with van der Waals surface area (Å²) < 4.78 is 33.0. The Bertz CT molecular complexity index is 557. The molecule has 0 saturated heterocycles. The molecule has 2 atom stereocenters. The number of rotatable bonds is 6. The second kappa shape index (κ2) is 7.26. The van der Waals surface area contributed by atoms with Crippen LogP contribution in [0.3, 0.4) is 0 Å². The quantitative estimate of drug-likeness (QED) is 0.636. The number of nitrogens with one attached hydrogen (secondary N) is 1. The molecule has 0 aromatic heterocycles. The summed E-state index contributed by atoms with van der Waals surface area (Å²) in [6.07, 6.45) is -0.321. The monoisotopic (exact) mass is 292 g/mol. The van der Waals surface area contributed by atoms with Gasteiger partial charge in [0.25, 0.3) is 0 Å². The first kappa shape index (κ1) is 15.6. The van der Waals surface area contributed by atoms with Crippen LogP contribution in [0.4, 0.5) is 8.78 Å². The van der Waals surface area contributed by atoms with Gasteiger partial charge in [0.1, 0.15) is 11.6 Å². The van der Waals surface area contributed by atoms with Crippen molar-refractivity contribution in [2.24, 2.45) is 5.84 Å². The lowest BCUT2D eigenvalue weighted by Gasteiger charge is -2.26. The highest BCUT2D eigenvalue weighted by molar-refractivity contribution is 5.24. The van der Waals surface area contributed by atoms with E-state index >= 15 is 0 Å². The average Bonchev–Trinajstić information content (AvgIpc) is 2.51. The summed E-state index contributed by atoms with van der Waals surface area (Å²) in [7, 11) is 1.54. The van der Waals surface area contributed by atoms with E-state index in [9.17, 15) is 8.78 Å². The molecule has 0 spiro atoms. The van der Waals surface area contributed by atoms with Gasteiger partial charge in [-0.1, -0.05) is 36.4 Å². The Kier molecular flexibility index (Phi) is 5.38. The first-order valence-electron chi connectivity index (χ1n) is 6.64. The molecule has 0 fully saturated rings. The van der Waals surface area contributed by atoms with E-state index in [1.165, 1.54) is 18.2 Å². The summed E-state index contributed by atoms with van der Waals surface area (Å²) in [4.78, 5) is 0. The Balaban J connectivity index is 2.26. The maximum absolute atomic E-state index is 13.8. The molecule has 0 bridgehead atoms. The maximum atomic E-state index is 13.8. The van der Waals surface area contributed by atoms with Crippen LogP contribution >= 0.6 is 0 Å². The largest absolute Gasteiger partial charge is 0.375 e. The van der Waals surface area contributed by atoms with Crippen molar-refractivity contribution in [1.29, 1.82) is 0 Å². The normalized spacial score (nSPS) is 13.9. The van der Waals surface area contributed by atoms with Crippen molar-refractivity contribution in [1.82, 2.24) is 5.43 Å². The zero-order chi connectivity index (χ0) is 15.2. The van der Waals surface area contributed by atoms with Crippen LogP contribution in [0, 0.1) is 11.6 Å². The Morgan fingerprint density at radius 3 is 2.19 bits per heavy atom. The van der Waals surface area contributed by atoms with E-state index in [0.29, 0.717) is 0 Å². The highest BCUT2D eigenvalue weighted by Gasteiger charge is 2.24. The fraction of sp³-hybridized carbons (Fsp3) is 0.250. The molecule has 0 aliphatic rings. The first-order valence-corrected chi connectivity index (χ1v) is 6.64. The van der Waals surface area contributed by atoms with Crippen LogP contribution in [0.2, 0.25) is 0 Å². The van der Waals surface area contributed by atoms with Crippen molar-refractivity contribution >= 4 is 0 Å². The standard InChI is InChI=1S/C16H18F2N2O/c1-21-16(11-6-3-2-4-7-11)15(20-19)10-12-13(17)8-5-9-14(12)18/h2-9,15-16,20H,10,19H2,1H3. The summed E-state index contributed by atoms with van der Waals surface area (Å²) in [5.74, 6) is 4.39. The minimum absolute atomic E-state index is 0.00145. The van der Waals surface area contributed by atoms with E-state index in [0.717, 1.165) is 5.56 Å². The lowest BCUT2D eigenvalue weighted by molar-refractivity contribution is 0.0673. The Labute approximate surface area is 122 Å². The summed E-state index contributed by atoms with van der Waals surface area (Å²) >= 11 is 0. The molecule has 0 radical (unpaired) electrons. The third-order valence-electron chi connectivity index (χ3n) is 3.45. The highest BCUT2D eigenvalue weighted by Crippen LogP contribution is 2.24. The van der Waals surface area contributed by atoms with E-state index in [4.69, 9.17) is 10.6 Å². The molecule has 0 amide bonds. The Morgan fingerprint density at radius 2 is 1.67 bits per heavy atom. The topological polar surface area (TPSA) is 47.3 Å². The Morgan fingerprint density at radius 1 is 1.05 bits per heavy atom. The molecule has 0 saturated carbocycles. The maximum Gasteiger partial charge on any atom is 0.129 e. The van der Waals surface area contributed by atoms with E-state index < -0.39 is 23.8 Å². The van der Waals surface area contributed by atoms with Crippen LogP contribution in [0.5, 0.6) is 0 Å². The molecule has 3 nitrogen and oxygen atoms in total. The number of benzene rings is 2. The van der Waals surface area contributed by atoms with Gasteiger partial charge in [-0.25, -0.2) is 8.78 Å². The first-order chi connectivity index (χ1) is 10.2. The van der Waals surface area contributed by atoms with Gasteiger partial charge >= 0.3 is 0 Å². The van der Waals surface area contributed by atoms with Crippen molar-refractivity contribution in [2.75, 3.05) is 7.11 Å². The van der Waals surface area contributed by atoms with Gasteiger partial charge in [0.05, 0.1) is 12.1 Å². The predicted octanol–water partition coefficient (Wildman–Crippen LogP) is 2.73. The van der Waals surface area contributed by atoms with Gasteiger partial charge in [-0.2, -0.15) is 0 Å². The molecule has 5 heteroatoms. The second-order valence-electron chi connectivity index (χ2n) is 4.74. The van der Waals surface area contributed by atoms with Crippen LogP contribution < -0.4 is 11.3 Å². The molecule has 2 unspecified atom stereocenters. The van der Waals surface area contributed by atoms with E-state index in [2.05, 4.69) is 5.43 Å². The smallest absolute Gasteiger partial charge is 0.129 e. The van der Waals surface area contributed by atoms with Crippen LogP contribution in [-0.2, 0) is 11.2 Å². The van der Waals surface area contributed by atoms with Crippen molar-refractivity contribution in [2.45, 2.75) is 18.6 Å². The average molecular weight is 292 g/mol. The van der Waals surface area contributed by atoms with Crippen LogP contribution in [0.1, 0.15) is 17.2 Å². The van der Waals surface area contributed by atoms with E-state index in [1.54, 1.807) is 7.11 Å². The lowest BCUT2D eigenvalue weighted by atomic mass is 9.96. The number of halogens is 2. The van der Waals surface area contributed by atoms with Crippen LogP contribution in [0.25, 0.3) is 0 Å². The molecular formula is C16H18F2N2O. The second-order valence-corrected chi connectivity index (χ2v) is 4.74. The molecule has 2 aromatic rings. The summed E-state index contributed by atoms with van der Waals surface area (Å²) in [5, 5.41) is 0. The molecule has 2 rings (SSSR count). The van der Waals surface area contributed by atoms with E-state index in [-0.39, 0.29) is 12.0 Å². The van der Waals surface area contributed by atoms with Crippen molar-refractivity contribution in [3.63, 3.8) is 0 Å². The molecule has 0 heterocycles. The molecule has 2 aromatic carbocycles. The van der Waals surface area contributed by atoms with Crippen molar-refractivity contribution in [3.8, 4) is 0 Å². The minimum Gasteiger partial charge on any atom is -0.375 e. The van der Waals surface area contributed by atoms with Crippen LogP contribution in [-0.4, -0.2) is 13.2 Å². The zero-order valence-corrected chi connectivity index (χ0v) is 11.7. The summed E-state index contributed by atoms with van der Waals surface area (Å²) in [5.41, 5.74) is 3.48. The fourth-order valence-corrected chi connectivity index (χ4v) is 2.38. The van der Waals surface area contributed by atoms with Gasteiger partial charge in [-0.15, -0.1) is 0 Å². The molecule has 112 valence electrons. The predicted molar refractivity (Wildman–Crippen MR) is 77.4 cm³/mol. The number of hydrogen-bond donors (Lipinski definition) is 2. The zero-order valence-electron chi connectivity index (χ0n) is 11.7. The van der Waals surface area contributed by atoms with Gasteiger partial charge in [0.15, 0.2) is 0 Å². The third-order valence-corrected chi connectivity index (χ3v) is 3.45. The molecule has 0 aliphatic carbocycles. The Hall–Kier alpha value is -1.82. The minimum atomic E-state index is -0.585. The number of methoxy groups -OCH3 is 1. The highest BCUT2D eigenvalue weighted by atomic mass is 19.1. The molecule has 3 N–H and O–H groups in total. The van der Waals surface area contributed by atoms with Gasteiger partial charge in [-0.3, -0.25) is 11.3 Å². The van der Waals surface area contributed by atoms with Gasteiger partial charge in [0.2, 0.25) is 0 Å². The SMILES string of the molecule is COC(c1ccccc1)C(Cc1c(F)cccc1F)NN. The van der Waals surface area contributed by atoms with Crippen molar-refractivity contribution < 1.29 is 13.5 Å². The van der Waals surface area contributed by atoms with Crippen LogP contribution in [0.15, 0.2) is 48.5 Å². The third kappa shape index (κ3) is 3.64. The number of hydrogen-bond acceptors (Lipinski definition) is 3. The number of ether oxygens (including phenoxy) is 1. The molecular weight excluding hydrogens is 274 g/mol. The van der Waals surface area contributed by atoms with Gasteiger partial charge in [-0.05, 0) is 24.1 Å². The number of hydrazine groups is 1. The molecule has 21 heavy (non-hydrogen) atoms. The van der Waals surface area contributed by atoms with Gasteiger partial charge < -0.3 is 4.74 Å². The summed E-state index contributed by atoms with van der Waals surface area (Å²) in [6.45, 7) is 0. The van der Waals surface area contributed by atoms with Crippen molar-refractivity contribution in [3.05, 3.63) is 71.3 Å². The number of nitrogens with two attached hydrogens (primary N) is 1. The lowest BCUT2D eigenvalue weighted by Crippen LogP contribution is -2.42.